The van der Waals surface area contributed by atoms with Crippen LogP contribution in [0.15, 0.2) is 17.0 Å². The van der Waals surface area contributed by atoms with Gasteiger partial charge in [-0.15, -0.1) is 10.2 Å². The van der Waals surface area contributed by atoms with Crippen molar-refractivity contribution in [2.24, 2.45) is 23.7 Å². The van der Waals surface area contributed by atoms with Crippen LogP contribution < -0.4 is 4.74 Å². The maximum absolute atomic E-state index is 6.74. The molecule has 0 aromatic carbocycles. The molecule has 0 saturated heterocycles. The Morgan fingerprint density at radius 2 is 1.71 bits per heavy atom. The topological polar surface area (TPSA) is 39.4 Å². The fourth-order valence-corrected chi connectivity index (χ4v) is 6.29. The SMILES string of the molecule is Brc1nnc2cc(OC3C4CC5CC(C4)CC3C5)c(C3CC3)cn12. The van der Waals surface area contributed by atoms with Crippen LogP contribution in [0.4, 0.5) is 0 Å². The molecule has 126 valence electrons. The second-order valence-corrected chi connectivity index (χ2v) is 9.29. The van der Waals surface area contributed by atoms with Gasteiger partial charge in [0, 0.05) is 17.8 Å². The molecule has 5 aliphatic rings. The Morgan fingerprint density at radius 3 is 2.38 bits per heavy atom. The van der Waals surface area contributed by atoms with Gasteiger partial charge in [-0.05, 0) is 90.5 Å². The molecule has 0 aliphatic heterocycles. The molecule has 2 aromatic heterocycles. The van der Waals surface area contributed by atoms with Crippen LogP contribution in [-0.2, 0) is 0 Å². The van der Waals surface area contributed by atoms with Gasteiger partial charge in [-0.1, -0.05) is 0 Å². The van der Waals surface area contributed by atoms with Crippen molar-refractivity contribution in [2.75, 3.05) is 0 Å². The summed E-state index contributed by atoms with van der Waals surface area (Å²) < 4.78 is 9.56. The number of aromatic nitrogens is 3. The van der Waals surface area contributed by atoms with Crippen molar-refractivity contribution in [3.63, 3.8) is 0 Å². The molecule has 0 atom stereocenters. The normalized spacial score (nSPS) is 37.3. The van der Waals surface area contributed by atoms with Crippen molar-refractivity contribution in [1.29, 1.82) is 0 Å². The molecule has 0 radical (unpaired) electrons. The highest BCUT2D eigenvalue weighted by Gasteiger charge is 2.49. The number of nitrogens with zero attached hydrogens (tertiary/aromatic N) is 3. The molecule has 5 saturated carbocycles. The van der Waals surface area contributed by atoms with Crippen LogP contribution in [0.2, 0.25) is 0 Å². The van der Waals surface area contributed by atoms with Crippen molar-refractivity contribution < 1.29 is 4.74 Å². The largest absolute Gasteiger partial charge is 0.489 e. The van der Waals surface area contributed by atoms with Gasteiger partial charge >= 0.3 is 0 Å². The molecule has 0 amide bonds. The van der Waals surface area contributed by atoms with Gasteiger partial charge in [0.1, 0.15) is 11.9 Å². The molecule has 0 spiro atoms. The van der Waals surface area contributed by atoms with Crippen LogP contribution in [0.5, 0.6) is 5.75 Å². The zero-order chi connectivity index (χ0) is 15.8. The molecule has 0 unspecified atom stereocenters. The number of hydrogen-bond acceptors (Lipinski definition) is 3. The first-order chi connectivity index (χ1) is 11.7. The second kappa shape index (κ2) is 4.96. The smallest absolute Gasteiger partial charge is 0.204 e. The van der Waals surface area contributed by atoms with E-state index in [1.807, 2.05) is 4.40 Å². The number of fused-ring (bicyclic) bond motifs is 1. The molecule has 2 heterocycles. The van der Waals surface area contributed by atoms with Crippen LogP contribution >= 0.6 is 15.9 Å². The Morgan fingerprint density at radius 1 is 1.00 bits per heavy atom. The predicted octanol–water partition coefficient (Wildman–Crippen LogP) is 4.57. The minimum atomic E-state index is 0.434. The van der Waals surface area contributed by atoms with Gasteiger partial charge in [0.25, 0.3) is 0 Å². The third-order valence-electron chi connectivity index (χ3n) is 6.91. The summed E-state index contributed by atoms with van der Waals surface area (Å²) in [6.07, 6.45) is 12.3. The average Bonchev–Trinajstić information content (AvgIpc) is 3.34. The highest BCUT2D eigenvalue weighted by Crippen LogP contribution is 2.55. The predicted molar refractivity (Wildman–Crippen MR) is 94.1 cm³/mol. The quantitative estimate of drug-likeness (QED) is 0.773. The fraction of sp³-hybridized carbons (Fsp3) is 0.684. The minimum Gasteiger partial charge on any atom is -0.489 e. The maximum atomic E-state index is 6.74. The highest BCUT2D eigenvalue weighted by atomic mass is 79.9. The van der Waals surface area contributed by atoms with Crippen molar-refractivity contribution in [3.05, 3.63) is 22.6 Å². The molecular weight excluding hydrogens is 366 g/mol. The Bertz CT molecular complexity index is 784. The van der Waals surface area contributed by atoms with Gasteiger partial charge in [0.2, 0.25) is 4.73 Å². The lowest BCUT2D eigenvalue weighted by atomic mass is 9.55. The number of halogens is 1. The van der Waals surface area contributed by atoms with Crippen LogP contribution in [0.25, 0.3) is 5.65 Å². The molecule has 5 aliphatic carbocycles. The zero-order valence-corrected chi connectivity index (χ0v) is 15.3. The molecule has 5 fully saturated rings. The van der Waals surface area contributed by atoms with Gasteiger partial charge in [-0.2, -0.15) is 0 Å². The van der Waals surface area contributed by atoms with E-state index in [0.29, 0.717) is 12.0 Å². The van der Waals surface area contributed by atoms with Crippen molar-refractivity contribution >= 4 is 21.6 Å². The lowest BCUT2D eigenvalue weighted by Crippen LogP contribution is -2.50. The third kappa shape index (κ3) is 2.09. The summed E-state index contributed by atoms with van der Waals surface area (Å²) in [6, 6.07) is 2.12. The van der Waals surface area contributed by atoms with Gasteiger partial charge in [-0.25, -0.2) is 0 Å². The van der Waals surface area contributed by atoms with Gasteiger partial charge in [0.05, 0.1) is 0 Å². The first-order valence-electron chi connectivity index (χ1n) is 9.45. The van der Waals surface area contributed by atoms with Gasteiger partial charge in [0.15, 0.2) is 5.65 Å². The molecule has 2 aromatic rings. The lowest BCUT2D eigenvalue weighted by molar-refractivity contribution is -0.0792. The van der Waals surface area contributed by atoms with E-state index in [9.17, 15) is 0 Å². The molecule has 4 nitrogen and oxygen atoms in total. The van der Waals surface area contributed by atoms with E-state index in [1.165, 1.54) is 50.5 Å². The van der Waals surface area contributed by atoms with Crippen LogP contribution in [0.3, 0.4) is 0 Å². The Kier molecular flexibility index (Phi) is 2.92. The summed E-state index contributed by atoms with van der Waals surface area (Å²) in [4.78, 5) is 0. The van der Waals surface area contributed by atoms with Gasteiger partial charge in [-0.3, -0.25) is 4.40 Å². The molecule has 7 rings (SSSR count). The summed E-state index contributed by atoms with van der Waals surface area (Å²) in [5, 5.41) is 8.42. The van der Waals surface area contributed by atoms with Crippen LogP contribution in [-0.4, -0.2) is 20.7 Å². The molecular formula is C19H22BrN3O. The zero-order valence-electron chi connectivity index (χ0n) is 13.7. The molecule has 4 bridgehead atoms. The highest BCUT2D eigenvalue weighted by molar-refractivity contribution is 9.10. The average molecular weight is 388 g/mol. The summed E-state index contributed by atoms with van der Waals surface area (Å²) in [5.41, 5.74) is 2.24. The monoisotopic (exact) mass is 387 g/mol. The maximum Gasteiger partial charge on any atom is 0.204 e. The minimum absolute atomic E-state index is 0.434. The van der Waals surface area contributed by atoms with Crippen molar-refractivity contribution in [2.45, 2.75) is 57.0 Å². The van der Waals surface area contributed by atoms with E-state index in [1.54, 1.807) is 0 Å². The van der Waals surface area contributed by atoms with E-state index in [-0.39, 0.29) is 0 Å². The standard InChI is InChI=1S/C19H22BrN3O/c20-19-22-21-17-8-16(15(9-23(17)19)12-1-2-12)24-18-13-4-10-3-11(6-13)7-14(18)5-10/h8-14,18H,1-7H2. The third-order valence-corrected chi connectivity index (χ3v) is 7.45. The van der Waals surface area contributed by atoms with Gasteiger partial charge < -0.3 is 4.74 Å². The number of hydrogen-bond donors (Lipinski definition) is 0. The van der Waals surface area contributed by atoms with Crippen molar-refractivity contribution in [3.8, 4) is 5.75 Å². The summed E-state index contributed by atoms with van der Waals surface area (Å²) >= 11 is 3.49. The van der Waals surface area contributed by atoms with E-state index < -0.39 is 0 Å². The first-order valence-corrected chi connectivity index (χ1v) is 10.2. The lowest BCUT2D eigenvalue weighted by Gasteiger charge is -2.53. The van der Waals surface area contributed by atoms with E-state index in [0.717, 1.165) is 39.8 Å². The fourth-order valence-electron chi connectivity index (χ4n) is 5.92. The Hall–Kier alpha value is -1.10. The number of ether oxygens (including phenoxy) is 1. The molecule has 24 heavy (non-hydrogen) atoms. The Labute approximate surface area is 150 Å². The van der Waals surface area contributed by atoms with Crippen LogP contribution in [0.1, 0.15) is 56.4 Å². The molecule has 0 N–H and O–H groups in total. The van der Waals surface area contributed by atoms with Crippen molar-refractivity contribution in [1.82, 2.24) is 14.6 Å². The first kappa shape index (κ1) is 14.1. The van der Waals surface area contributed by atoms with E-state index >= 15 is 0 Å². The number of pyridine rings is 1. The van der Waals surface area contributed by atoms with E-state index in [4.69, 9.17) is 4.74 Å². The summed E-state index contributed by atoms with van der Waals surface area (Å²) in [7, 11) is 0. The Balaban J connectivity index is 1.38. The summed E-state index contributed by atoms with van der Waals surface area (Å²) in [5.74, 6) is 5.30. The van der Waals surface area contributed by atoms with Crippen LogP contribution in [0, 0.1) is 23.7 Å². The molecule has 5 heteroatoms. The second-order valence-electron chi connectivity index (χ2n) is 8.58. The summed E-state index contributed by atoms with van der Waals surface area (Å²) in [6.45, 7) is 0. The number of rotatable bonds is 3. The van der Waals surface area contributed by atoms with E-state index in [2.05, 4.69) is 38.4 Å².